The Labute approximate surface area is 184 Å². The number of amides is 1. The van der Waals surface area contributed by atoms with Crippen molar-refractivity contribution in [2.45, 2.75) is 42.7 Å². The first kappa shape index (κ1) is 21.6. The molecule has 3 aliphatic heterocycles. The Hall–Kier alpha value is -2.28. The highest BCUT2D eigenvalue weighted by molar-refractivity contribution is 7.90. The molecule has 1 amide bonds. The third-order valence-electron chi connectivity index (χ3n) is 6.49. The molecule has 0 bridgehead atoms. The summed E-state index contributed by atoms with van der Waals surface area (Å²) in [6.07, 6.45) is -0.591. The van der Waals surface area contributed by atoms with Gasteiger partial charge in [-0.05, 0) is 43.0 Å². The molecule has 1 saturated carbocycles. The summed E-state index contributed by atoms with van der Waals surface area (Å²) in [7, 11) is -3.41. The van der Waals surface area contributed by atoms with Crippen molar-refractivity contribution in [3.8, 4) is 0 Å². The zero-order chi connectivity index (χ0) is 22.6. The molecule has 1 aromatic rings. The number of rotatable bonds is 5. The summed E-state index contributed by atoms with van der Waals surface area (Å²) in [4.78, 5) is 13.4. The summed E-state index contributed by atoms with van der Waals surface area (Å²) in [6, 6.07) is 2.01. The molecule has 0 spiro atoms. The van der Waals surface area contributed by atoms with Crippen LogP contribution in [0.25, 0.3) is 0 Å². The lowest BCUT2D eigenvalue weighted by molar-refractivity contribution is -0.0544. The lowest BCUT2D eigenvalue weighted by Crippen LogP contribution is -2.52. The lowest BCUT2D eigenvalue weighted by Gasteiger charge is -2.40. The van der Waals surface area contributed by atoms with Gasteiger partial charge in [0.25, 0.3) is 10.0 Å². The van der Waals surface area contributed by atoms with Crippen LogP contribution in [0.1, 0.15) is 30.9 Å². The molecule has 1 aliphatic carbocycles. The first-order chi connectivity index (χ1) is 15.2. The SMILES string of the molecule is O=C(O)N[C@H]1C[C@@H](N2CC3=C(C2)N(S(=O)(=O)C2CC2)NC3)CO[C@@H]1c1cc(F)ccc1F. The Bertz CT molecular complexity index is 1080. The molecule has 3 heterocycles. The van der Waals surface area contributed by atoms with Gasteiger partial charge in [0.15, 0.2) is 0 Å². The molecule has 0 aromatic heterocycles. The summed E-state index contributed by atoms with van der Waals surface area (Å²) >= 11 is 0. The Balaban J connectivity index is 1.31. The van der Waals surface area contributed by atoms with Crippen LogP contribution in [-0.4, -0.2) is 72.5 Å². The number of hydrogen-bond acceptors (Lipinski definition) is 6. The molecular formula is C20H24F2N4O5S. The predicted molar refractivity (Wildman–Crippen MR) is 109 cm³/mol. The number of nitrogens with zero attached hydrogens (tertiary/aromatic N) is 2. The fraction of sp³-hybridized carbons (Fsp3) is 0.550. The molecular weight excluding hydrogens is 446 g/mol. The summed E-state index contributed by atoms with van der Waals surface area (Å²) in [6.45, 7) is 1.55. The Morgan fingerprint density at radius 3 is 2.75 bits per heavy atom. The van der Waals surface area contributed by atoms with Gasteiger partial charge in [-0.1, -0.05) is 0 Å². The second kappa shape index (κ2) is 7.94. The van der Waals surface area contributed by atoms with Crippen LogP contribution in [0.4, 0.5) is 13.6 Å². The zero-order valence-corrected chi connectivity index (χ0v) is 17.9. The topological polar surface area (TPSA) is 111 Å². The van der Waals surface area contributed by atoms with Crippen molar-refractivity contribution in [1.82, 2.24) is 20.1 Å². The average Bonchev–Trinajstić information content (AvgIpc) is 3.40. The van der Waals surface area contributed by atoms with E-state index < -0.39 is 39.9 Å². The maximum atomic E-state index is 14.3. The van der Waals surface area contributed by atoms with Gasteiger partial charge in [0, 0.05) is 31.2 Å². The van der Waals surface area contributed by atoms with Gasteiger partial charge in [0.2, 0.25) is 0 Å². The molecule has 9 nitrogen and oxygen atoms in total. The first-order valence-electron chi connectivity index (χ1n) is 10.5. The number of sulfonamides is 1. The number of ether oxygens (including phenoxy) is 1. The largest absolute Gasteiger partial charge is 0.465 e. The molecule has 1 saturated heterocycles. The molecule has 3 atom stereocenters. The summed E-state index contributed by atoms with van der Waals surface area (Å²) in [5, 5.41) is 11.3. The number of carbonyl (C=O) groups is 1. The van der Waals surface area contributed by atoms with Crippen LogP contribution in [0, 0.1) is 11.6 Å². The minimum Gasteiger partial charge on any atom is -0.465 e. The molecule has 0 unspecified atom stereocenters. The fourth-order valence-corrected chi connectivity index (χ4v) is 6.51. The van der Waals surface area contributed by atoms with Gasteiger partial charge in [-0.15, -0.1) is 0 Å². The van der Waals surface area contributed by atoms with E-state index in [9.17, 15) is 27.1 Å². The predicted octanol–water partition coefficient (Wildman–Crippen LogP) is 1.31. The van der Waals surface area contributed by atoms with Crippen molar-refractivity contribution in [3.05, 3.63) is 46.7 Å². The van der Waals surface area contributed by atoms with E-state index in [0.717, 1.165) is 29.5 Å². The van der Waals surface area contributed by atoms with Gasteiger partial charge in [-0.25, -0.2) is 31.8 Å². The standard InChI is InChI=1S/C20H24F2N4O5S/c21-12-1-4-16(22)15(5-12)19-17(24-20(27)28)6-13(10-31-19)25-8-11-7-23-26(18(11)9-25)32(29,30)14-2-3-14/h1,4-5,13-14,17,19,23-24H,2-3,6-10H2,(H,27,28)/t13-,17+,19-/m1/s1. The van der Waals surface area contributed by atoms with E-state index in [1.165, 1.54) is 4.41 Å². The molecule has 12 heteroatoms. The normalized spacial score (nSPS) is 28.8. The van der Waals surface area contributed by atoms with E-state index in [2.05, 4.69) is 15.6 Å². The van der Waals surface area contributed by atoms with Crippen LogP contribution >= 0.6 is 0 Å². The van der Waals surface area contributed by atoms with Crippen molar-refractivity contribution in [1.29, 1.82) is 0 Å². The molecule has 0 radical (unpaired) electrons. The summed E-state index contributed by atoms with van der Waals surface area (Å²) < 4.78 is 60.6. The monoisotopic (exact) mass is 470 g/mol. The maximum Gasteiger partial charge on any atom is 0.404 e. The quantitative estimate of drug-likeness (QED) is 0.595. The third-order valence-corrected chi connectivity index (χ3v) is 8.66. The first-order valence-corrected chi connectivity index (χ1v) is 12.0. The fourth-order valence-electron chi connectivity index (χ4n) is 4.74. The number of benzene rings is 1. The van der Waals surface area contributed by atoms with E-state index >= 15 is 0 Å². The van der Waals surface area contributed by atoms with Gasteiger partial charge in [-0.3, -0.25) is 4.90 Å². The second-order valence-electron chi connectivity index (χ2n) is 8.66. The summed E-state index contributed by atoms with van der Waals surface area (Å²) in [5.41, 5.74) is 4.63. The Kier molecular flexibility index (Phi) is 5.35. The van der Waals surface area contributed by atoms with Crippen LogP contribution in [0.5, 0.6) is 0 Å². The summed E-state index contributed by atoms with van der Waals surface area (Å²) in [5.74, 6) is -1.30. The smallest absolute Gasteiger partial charge is 0.404 e. The molecule has 5 rings (SSSR count). The Morgan fingerprint density at radius 1 is 1.25 bits per heavy atom. The van der Waals surface area contributed by atoms with Gasteiger partial charge in [0.05, 0.1) is 23.6 Å². The number of carboxylic acid groups (broad SMARTS) is 1. The molecule has 3 N–H and O–H groups in total. The van der Waals surface area contributed by atoms with E-state index in [0.29, 0.717) is 38.9 Å². The molecule has 32 heavy (non-hydrogen) atoms. The number of hydrogen-bond donors (Lipinski definition) is 3. The highest BCUT2D eigenvalue weighted by atomic mass is 32.2. The van der Waals surface area contributed by atoms with Crippen LogP contribution in [0.15, 0.2) is 29.5 Å². The van der Waals surface area contributed by atoms with Crippen LogP contribution in [-0.2, 0) is 14.8 Å². The number of halogens is 2. The van der Waals surface area contributed by atoms with Crippen molar-refractivity contribution < 1.29 is 31.8 Å². The number of nitrogens with one attached hydrogen (secondary N) is 2. The highest BCUT2D eigenvalue weighted by Crippen LogP contribution is 2.38. The maximum absolute atomic E-state index is 14.3. The molecule has 174 valence electrons. The van der Waals surface area contributed by atoms with Gasteiger partial charge >= 0.3 is 6.09 Å². The van der Waals surface area contributed by atoms with Crippen molar-refractivity contribution >= 4 is 16.1 Å². The highest BCUT2D eigenvalue weighted by Gasteiger charge is 2.47. The molecule has 1 aromatic carbocycles. The van der Waals surface area contributed by atoms with Crippen molar-refractivity contribution in [2.75, 3.05) is 26.2 Å². The van der Waals surface area contributed by atoms with Gasteiger partial charge < -0.3 is 15.2 Å². The number of hydrazine groups is 1. The van der Waals surface area contributed by atoms with E-state index in [4.69, 9.17) is 4.74 Å². The minimum absolute atomic E-state index is 0.0323. The lowest BCUT2D eigenvalue weighted by atomic mass is 9.92. The Morgan fingerprint density at radius 2 is 2.03 bits per heavy atom. The second-order valence-corrected chi connectivity index (χ2v) is 10.7. The van der Waals surface area contributed by atoms with Gasteiger partial charge in [0.1, 0.15) is 17.7 Å². The van der Waals surface area contributed by atoms with E-state index in [1.807, 2.05) is 0 Å². The van der Waals surface area contributed by atoms with Crippen LogP contribution in [0.3, 0.4) is 0 Å². The van der Waals surface area contributed by atoms with Crippen LogP contribution < -0.4 is 10.7 Å². The van der Waals surface area contributed by atoms with Gasteiger partial charge in [-0.2, -0.15) is 0 Å². The van der Waals surface area contributed by atoms with Crippen molar-refractivity contribution in [3.63, 3.8) is 0 Å². The zero-order valence-electron chi connectivity index (χ0n) is 17.1. The van der Waals surface area contributed by atoms with E-state index in [1.54, 1.807) is 0 Å². The molecule has 4 aliphatic rings. The third kappa shape index (κ3) is 3.85. The average molecular weight is 470 g/mol. The molecule has 2 fully saturated rings. The van der Waals surface area contributed by atoms with Crippen LogP contribution in [0.2, 0.25) is 0 Å². The van der Waals surface area contributed by atoms with E-state index in [-0.39, 0.29) is 23.5 Å². The minimum atomic E-state index is -3.41. The van der Waals surface area contributed by atoms with Crippen molar-refractivity contribution in [2.24, 2.45) is 0 Å².